The fourth-order valence-corrected chi connectivity index (χ4v) is 8.60. The zero-order chi connectivity index (χ0) is 18.1. The van der Waals surface area contributed by atoms with Gasteiger partial charge in [0.1, 0.15) is 0 Å². The molecule has 1 aliphatic heterocycles. The first kappa shape index (κ1) is 17.9. The molecule has 8 atom stereocenters. The number of fused-ring (bicyclic) bond motifs is 5. The second-order valence-electron chi connectivity index (χ2n) is 11.0. The highest BCUT2D eigenvalue weighted by molar-refractivity contribution is 5.77. The fourth-order valence-electron chi connectivity index (χ4n) is 8.60. The van der Waals surface area contributed by atoms with Crippen LogP contribution in [0.1, 0.15) is 79.6 Å². The van der Waals surface area contributed by atoms with Gasteiger partial charge < -0.3 is 4.90 Å². The summed E-state index contributed by atoms with van der Waals surface area (Å²) in [6, 6.07) is 0.483. The Morgan fingerprint density at radius 1 is 1.04 bits per heavy atom. The number of nitrogens with zero attached hydrogens (tertiary/aromatic N) is 1. The Bertz CT molecular complexity index is 556. The smallest absolute Gasteiger partial charge is 0.222 e. The second-order valence-corrected chi connectivity index (χ2v) is 11.0. The van der Waals surface area contributed by atoms with E-state index >= 15 is 0 Å². The standard InChI is InChI=1S/C23H39NO/c1-14(2)16-7-8-17-21-15(3)13-19-23(5,12-10-20(25)24(19)6)18(21)9-11-22(16,17)4/h14-19,21H,7-13H2,1-6H3/t15?,16?,17-,18+,19?,21-,22+,23+/m0/s1. The zero-order valence-corrected chi connectivity index (χ0v) is 17.3. The number of likely N-dealkylation sites (tertiary alicyclic amines) is 1. The van der Waals surface area contributed by atoms with Crippen LogP contribution >= 0.6 is 0 Å². The molecule has 3 unspecified atom stereocenters. The molecule has 3 aliphatic carbocycles. The molecule has 25 heavy (non-hydrogen) atoms. The maximum absolute atomic E-state index is 12.3. The van der Waals surface area contributed by atoms with Gasteiger partial charge >= 0.3 is 0 Å². The topological polar surface area (TPSA) is 20.3 Å². The van der Waals surface area contributed by atoms with E-state index in [2.05, 4.69) is 46.6 Å². The molecule has 0 N–H and O–H groups in total. The van der Waals surface area contributed by atoms with Crippen LogP contribution in [-0.2, 0) is 4.79 Å². The Morgan fingerprint density at radius 3 is 2.40 bits per heavy atom. The van der Waals surface area contributed by atoms with Crippen molar-refractivity contribution in [2.75, 3.05) is 7.05 Å². The molecule has 0 bridgehead atoms. The Morgan fingerprint density at radius 2 is 1.72 bits per heavy atom. The van der Waals surface area contributed by atoms with Gasteiger partial charge in [-0.15, -0.1) is 0 Å². The van der Waals surface area contributed by atoms with E-state index in [-0.39, 0.29) is 0 Å². The molecule has 4 rings (SSSR count). The molecule has 0 aromatic carbocycles. The van der Waals surface area contributed by atoms with Crippen molar-refractivity contribution in [1.82, 2.24) is 4.90 Å². The predicted octanol–water partition coefficient (Wildman–Crippen LogP) is 5.37. The number of carbonyl (C=O) groups excluding carboxylic acids is 1. The lowest BCUT2D eigenvalue weighted by Gasteiger charge is -2.64. The molecule has 2 nitrogen and oxygen atoms in total. The van der Waals surface area contributed by atoms with E-state index < -0.39 is 0 Å². The fraction of sp³-hybridized carbons (Fsp3) is 0.957. The molecule has 2 heteroatoms. The highest BCUT2D eigenvalue weighted by Gasteiger charge is 2.62. The summed E-state index contributed by atoms with van der Waals surface area (Å²) in [5.41, 5.74) is 0.931. The molecular formula is C23H39NO. The number of carbonyl (C=O) groups is 1. The quantitative estimate of drug-likeness (QED) is 0.626. The summed E-state index contributed by atoms with van der Waals surface area (Å²) in [5, 5.41) is 0. The van der Waals surface area contributed by atoms with Crippen molar-refractivity contribution in [3.8, 4) is 0 Å². The van der Waals surface area contributed by atoms with E-state index in [0.717, 1.165) is 48.3 Å². The van der Waals surface area contributed by atoms with E-state index in [1.807, 2.05) is 0 Å². The third-order valence-electron chi connectivity index (χ3n) is 9.81. The highest BCUT2D eigenvalue weighted by Crippen LogP contribution is 2.68. The summed E-state index contributed by atoms with van der Waals surface area (Å²) < 4.78 is 0. The van der Waals surface area contributed by atoms with E-state index in [9.17, 15) is 4.79 Å². The third kappa shape index (κ3) is 2.31. The molecule has 0 radical (unpaired) electrons. The van der Waals surface area contributed by atoms with Gasteiger partial charge in [0.25, 0.3) is 0 Å². The Labute approximate surface area is 155 Å². The summed E-state index contributed by atoms with van der Waals surface area (Å²) in [5.74, 6) is 5.56. The minimum Gasteiger partial charge on any atom is -0.342 e. The Kier molecular flexibility index (Phi) is 4.10. The molecule has 0 aromatic rings. The van der Waals surface area contributed by atoms with Crippen LogP contribution < -0.4 is 0 Å². The lowest BCUT2D eigenvalue weighted by molar-refractivity contribution is -0.167. The third-order valence-corrected chi connectivity index (χ3v) is 9.81. The van der Waals surface area contributed by atoms with Gasteiger partial charge in [-0.1, -0.05) is 34.6 Å². The Balaban J connectivity index is 1.68. The summed E-state index contributed by atoms with van der Waals surface area (Å²) in [4.78, 5) is 14.5. The molecule has 0 spiro atoms. The normalized spacial score (nSPS) is 52.8. The maximum Gasteiger partial charge on any atom is 0.222 e. The van der Waals surface area contributed by atoms with Crippen LogP contribution in [-0.4, -0.2) is 23.9 Å². The largest absolute Gasteiger partial charge is 0.342 e. The lowest BCUT2D eigenvalue weighted by Crippen LogP contribution is -2.63. The van der Waals surface area contributed by atoms with Crippen molar-refractivity contribution in [3.05, 3.63) is 0 Å². The molecule has 1 heterocycles. The lowest BCUT2D eigenvalue weighted by atomic mass is 9.44. The van der Waals surface area contributed by atoms with Crippen LogP contribution in [0, 0.1) is 46.3 Å². The van der Waals surface area contributed by atoms with Crippen LogP contribution in [0.5, 0.6) is 0 Å². The van der Waals surface area contributed by atoms with E-state index in [0.29, 0.717) is 22.8 Å². The molecule has 1 amide bonds. The number of piperidine rings is 1. The molecule has 4 aliphatic rings. The second kappa shape index (κ2) is 5.73. The summed E-state index contributed by atoms with van der Waals surface area (Å²) in [6.07, 6.45) is 8.88. The zero-order valence-electron chi connectivity index (χ0n) is 17.3. The molecular weight excluding hydrogens is 306 g/mol. The van der Waals surface area contributed by atoms with Crippen molar-refractivity contribution >= 4 is 5.91 Å². The van der Waals surface area contributed by atoms with Crippen molar-refractivity contribution in [3.63, 3.8) is 0 Å². The monoisotopic (exact) mass is 345 g/mol. The maximum atomic E-state index is 12.3. The Hall–Kier alpha value is -0.530. The summed E-state index contributed by atoms with van der Waals surface area (Å²) in [7, 11) is 2.08. The number of hydrogen-bond acceptors (Lipinski definition) is 1. The van der Waals surface area contributed by atoms with E-state index in [1.54, 1.807) is 0 Å². The highest BCUT2D eigenvalue weighted by atomic mass is 16.2. The predicted molar refractivity (Wildman–Crippen MR) is 103 cm³/mol. The van der Waals surface area contributed by atoms with Gasteiger partial charge in [0, 0.05) is 19.5 Å². The first-order chi connectivity index (χ1) is 11.7. The van der Waals surface area contributed by atoms with Gasteiger partial charge in [0.05, 0.1) is 0 Å². The van der Waals surface area contributed by atoms with Crippen LogP contribution in [0.3, 0.4) is 0 Å². The van der Waals surface area contributed by atoms with E-state index in [4.69, 9.17) is 0 Å². The summed E-state index contributed by atoms with van der Waals surface area (Å²) >= 11 is 0. The molecule has 4 fully saturated rings. The van der Waals surface area contributed by atoms with Crippen LogP contribution in [0.25, 0.3) is 0 Å². The van der Waals surface area contributed by atoms with Crippen LogP contribution in [0.15, 0.2) is 0 Å². The molecule has 3 saturated carbocycles. The van der Waals surface area contributed by atoms with Gasteiger partial charge in [-0.05, 0) is 84.9 Å². The first-order valence-electron chi connectivity index (χ1n) is 11.0. The first-order valence-corrected chi connectivity index (χ1v) is 11.0. The van der Waals surface area contributed by atoms with Gasteiger partial charge in [0.2, 0.25) is 5.91 Å². The molecule has 1 saturated heterocycles. The van der Waals surface area contributed by atoms with Crippen molar-refractivity contribution in [1.29, 1.82) is 0 Å². The average molecular weight is 346 g/mol. The van der Waals surface area contributed by atoms with Gasteiger partial charge in [-0.2, -0.15) is 0 Å². The SMILES string of the molecule is CC(C)C1CC[C@H]2[C@@H]3C(C)CC4N(C)C(=O)CC[C@]4(C)[C@@H]3CC[C@]12C. The van der Waals surface area contributed by atoms with Gasteiger partial charge in [-0.25, -0.2) is 0 Å². The van der Waals surface area contributed by atoms with Crippen molar-refractivity contribution in [2.45, 2.75) is 85.6 Å². The minimum atomic E-state index is 0.358. The van der Waals surface area contributed by atoms with Crippen molar-refractivity contribution < 1.29 is 4.79 Å². The van der Waals surface area contributed by atoms with Gasteiger partial charge in [0.15, 0.2) is 0 Å². The number of hydrogen-bond donors (Lipinski definition) is 0. The van der Waals surface area contributed by atoms with Crippen LogP contribution in [0.4, 0.5) is 0 Å². The molecule has 0 aromatic heterocycles. The molecule has 142 valence electrons. The van der Waals surface area contributed by atoms with Gasteiger partial charge in [-0.3, -0.25) is 4.79 Å². The minimum absolute atomic E-state index is 0.358. The van der Waals surface area contributed by atoms with Crippen molar-refractivity contribution in [2.24, 2.45) is 46.3 Å². The number of rotatable bonds is 1. The number of amides is 1. The summed E-state index contributed by atoms with van der Waals surface area (Å²) in [6.45, 7) is 12.6. The van der Waals surface area contributed by atoms with Crippen LogP contribution in [0.2, 0.25) is 0 Å². The van der Waals surface area contributed by atoms with E-state index in [1.165, 1.54) is 32.1 Å². The average Bonchev–Trinajstić information content (AvgIpc) is 2.91.